The summed E-state index contributed by atoms with van der Waals surface area (Å²) in [6.45, 7) is 0. The lowest BCUT2D eigenvalue weighted by molar-refractivity contribution is 1.13. The Bertz CT molecular complexity index is 508. The van der Waals surface area contributed by atoms with Gasteiger partial charge in [0, 0.05) is 35.8 Å². The Morgan fingerprint density at radius 3 is 2.73 bits per heavy atom. The number of nitrogens with two attached hydrogens (primary N) is 1. The molecule has 1 aromatic heterocycles. The van der Waals surface area contributed by atoms with Gasteiger partial charge in [-0.25, -0.2) is 0 Å². The van der Waals surface area contributed by atoms with Crippen molar-refractivity contribution < 1.29 is 0 Å². The van der Waals surface area contributed by atoms with Crippen LogP contribution in [0.15, 0.2) is 28.9 Å². The van der Waals surface area contributed by atoms with Gasteiger partial charge in [-0.1, -0.05) is 0 Å². The molecule has 0 atom stereocenters. The summed E-state index contributed by atoms with van der Waals surface area (Å²) < 4.78 is 0.942. The van der Waals surface area contributed by atoms with Crippen molar-refractivity contribution in [3.8, 4) is 0 Å². The Hall–Kier alpha value is -1.29. The topological polar surface area (TPSA) is 42.1 Å². The number of anilines is 2. The minimum Gasteiger partial charge on any atom is -0.398 e. The highest BCUT2D eigenvalue weighted by Gasteiger charge is 2.07. The Morgan fingerprint density at radius 2 is 2.07 bits per heavy atom. The minimum absolute atomic E-state index is 0.754. The summed E-state index contributed by atoms with van der Waals surface area (Å²) in [5, 5.41) is 0.982. The summed E-state index contributed by atoms with van der Waals surface area (Å²) in [5.41, 5.74) is 8.68. The van der Waals surface area contributed by atoms with E-state index < -0.39 is 0 Å². The number of pyridine rings is 1. The Morgan fingerprint density at radius 1 is 1.33 bits per heavy atom. The maximum absolute atomic E-state index is 5.91. The molecule has 2 aromatic rings. The van der Waals surface area contributed by atoms with Gasteiger partial charge in [-0.05, 0) is 34.1 Å². The van der Waals surface area contributed by atoms with Crippen LogP contribution in [0.5, 0.6) is 0 Å². The standard InChI is InChI=1S/C11H12BrN3/c1-15(2)10-4-3-9(13)8-5-7(12)6-14-11(8)10/h3-6H,13H2,1-2H3. The van der Waals surface area contributed by atoms with Crippen LogP contribution in [0.25, 0.3) is 10.9 Å². The fraction of sp³-hybridized carbons (Fsp3) is 0.182. The highest BCUT2D eigenvalue weighted by Crippen LogP contribution is 2.29. The molecule has 0 amide bonds. The molecule has 0 spiro atoms. The van der Waals surface area contributed by atoms with E-state index in [0.717, 1.165) is 26.8 Å². The monoisotopic (exact) mass is 265 g/mol. The van der Waals surface area contributed by atoms with Gasteiger partial charge in [-0.2, -0.15) is 0 Å². The van der Waals surface area contributed by atoms with Gasteiger partial charge >= 0.3 is 0 Å². The fourth-order valence-electron chi connectivity index (χ4n) is 1.56. The third kappa shape index (κ3) is 1.77. The summed E-state index contributed by atoms with van der Waals surface area (Å²) >= 11 is 3.40. The van der Waals surface area contributed by atoms with Gasteiger partial charge in [0.2, 0.25) is 0 Å². The van der Waals surface area contributed by atoms with Crippen molar-refractivity contribution in [3.05, 3.63) is 28.9 Å². The second-order valence-electron chi connectivity index (χ2n) is 3.62. The predicted molar refractivity (Wildman–Crippen MR) is 68.2 cm³/mol. The van der Waals surface area contributed by atoms with Crippen LogP contribution in [0.2, 0.25) is 0 Å². The fourth-order valence-corrected chi connectivity index (χ4v) is 1.89. The maximum Gasteiger partial charge on any atom is 0.0956 e. The van der Waals surface area contributed by atoms with E-state index in [4.69, 9.17) is 5.73 Å². The molecule has 78 valence electrons. The van der Waals surface area contributed by atoms with Gasteiger partial charge < -0.3 is 10.6 Å². The molecule has 0 bridgehead atoms. The average molecular weight is 266 g/mol. The lowest BCUT2D eigenvalue weighted by atomic mass is 10.1. The molecule has 0 unspecified atom stereocenters. The number of hydrogen-bond acceptors (Lipinski definition) is 3. The molecule has 2 rings (SSSR count). The largest absolute Gasteiger partial charge is 0.398 e. The number of rotatable bonds is 1. The van der Waals surface area contributed by atoms with Crippen LogP contribution in [-0.2, 0) is 0 Å². The van der Waals surface area contributed by atoms with E-state index in [0.29, 0.717) is 0 Å². The third-order valence-corrected chi connectivity index (χ3v) is 2.74. The van der Waals surface area contributed by atoms with Crippen LogP contribution >= 0.6 is 15.9 Å². The molecule has 1 heterocycles. The van der Waals surface area contributed by atoms with Gasteiger partial charge in [0.05, 0.1) is 11.2 Å². The molecule has 3 nitrogen and oxygen atoms in total. The van der Waals surface area contributed by atoms with Crippen molar-refractivity contribution in [2.24, 2.45) is 0 Å². The zero-order chi connectivity index (χ0) is 11.0. The molecule has 0 aliphatic carbocycles. The number of benzene rings is 1. The summed E-state index contributed by atoms with van der Waals surface area (Å²) in [6.07, 6.45) is 1.79. The lowest BCUT2D eigenvalue weighted by Crippen LogP contribution is -2.09. The van der Waals surface area contributed by atoms with E-state index in [1.54, 1.807) is 6.20 Å². The van der Waals surface area contributed by atoms with Crippen molar-refractivity contribution in [2.45, 2.75) is 0 Å². The molecule has 0 saturated heterocycles. The molecule has 0 radical (unpaired) electrons. The summed E-state index contributed by atoms with van der Waals surface area (Å²) in [6, 6.07) is 5.88. The predicted octanol–water partition coefficient (Wildman–Crippen LogP) is 2.65. The summed E-state index contributed by atoms with van der Waals surface area (Å²) in [7, 11) is 3.99. The van der Waals surface area contributed by atoms with E-state index in [1.165, 1.54) is 0 Å². The van der Waals surface area contributed by atoms with Gasteiger partial charge in [-0.15, -0.1) is 0 Å². The third-order valence-electron chi connectivity index (χ3n) is 2.31. The van der Waals surface area contributed by atoms with Crippen LogP contribution in [-0.4, -0.2) is 19.1 Å². The SMILES string of the molecule is CN(C)c1ccc(N)c2cc(Br)cnc12. The van der Waals surface area contributed by atoms with Gasteiger partial charge in [0.25, 0.3) is 0 Å². The van der Waals surface area contributed by atoms with Crippen molar-refractivity contribution >= 4 is 38.2 Å². The minimum atomic E-state index is 0.754. The first-order valence-corrected chi connectivity index (χ1v) is 5.40. The second-order valence-corrected chi connectivity index (χ2v) is 4.53. The van der Waals surface area contributed by atoms with Crippen LogP contribution in [0, 0.1) is 0 Å². The molecule has 15 heavy (non-hydrogen) atoms. The average Bonchev–Trinajstić information content (AvgIpc) is 2.19. The zero-order valence-electron chi connectivity index (χ0n) is 8.66. The highest BCUT2D eigenvalue weighted by molar-refractivity contribution is 9.10. The van der Waals surface area contributed by atoms with E-state index in [-0.39, 0.29) is 0 Å². The highest BCUT2D eigenvalue weighted by atomic mass is 79.9. The first kappa shape index (κ1) is 10.2. The molecule has 0 fully saturated rings. The lowest BCUT2D eigenvalue weighted by Gasteiger charge is -2.15. The second kappa shape index (κ2) is 3.70. The molecule has 0 aliphatic rings. The number of nitrogen functional groups attached to an aromatic ring is 1. The van der Waals surface area contributed by atoms with E-state index in [9.17, 15) is 0 Å². The number of hydrogen-bond donors (Lipinski definition) is 1. The molecule has 0 aliphatic heterocycles. The molecule has 0 saturated carbocycles. The number of halogens is 1. The van der Waals surface area contributed by atoms with Crippen LogP contribution < -0.4 is 10.6 Å². The maximum atomic E-state index is 5.91. The van der Waals surface area contributed by atoms with Crippen molar-refractivity contribution in [1.82, 2.24) is 4.98 Å². The molecular formula is C11H12BrN3. The van der Waals surface area contributed by atoms with Crippen LogP contribution in [0.4, 0.5) is 11.4 Å². The summed E-state index contributed by atoms with van der Waals surface area (Å²) in [4.78, 5) is 6.42. The first-order chi connectivity index (χ1) is 7.09. The Kier molecular flexibility index (Phi) is 2.52. The first-order valence-electron chi connectivity index (χ1n) is 4.60. The van der Waals surface area contributed by atoms with E-state index in [1.807, 2.05) is 37.2 Å². The molecule has 1 aromatic carbocycles. The summed E-state index contributed by atoms with van der Waals surface area (Å²) in [5.74, 6) is 0. The van der Waals surface area contributed by atoms with E-state index >= 15 is 0 Å². The zero-order valence-corrected chi connectivity index (χ0v) is 10.2. The Balaban J connectivity index is 2.82. The van der Waals surface area contributed by atoms with Crippen molar-refractivity contribution in [2.75, 3.05) is 24.7 Å². The molecule has 4 heteroatoms. The number of nitrogens with zero attached hydrogens (tertiary/aromatic N) is 2. The van der Waals surface area contributed by atoms with E-state index in [2.05, 4.69) is 20.9 Å². The Labute approximate surface area is 97.0 Å². The smallest absolute Gasteiger partial charge is 0.0956 e. The quantitative estimate of drug-likeness (QED) is 0.807. The molecule has 2 N–H and O–H groups in total. The van der Waals surface area contributed by atoms with Gasteiger partial charge in [0.15, 0.2) is 0 Å². The van der Waals surface area contributed by atoms with Crippen molar-refractivity contribution in [1.29, 1.82) is 0 Å². The number of aromatic nitrogens is 1. The normalized spacial score (nSPS) is 10.6. The number of fused-ring (bicyclic) bond motifs is 1. The van der Waals surface area contributed by atoms with Crippen molar-refractivity contribution in [3.63, 3.8) is 0 Å². The van der Waals surface area contributed by atoms with Crippen LogP contribution in [0.3, 0.4) is 0 Å². The van der Waals surface area contributed by atoms with Gasteiger partial charge in [0.1, 0.15) is 0 Å². The van der Waals surface area contributed by atoms with Crippen LogP contribution in [0.1, 0.15) is 0 Å². The molecular weight excluding hydrogens is 254 g/mol. The van der Waals surface area contributed by atoms with Gasteiger partial charge in [-0.3, -0.25) is 4.98 Å².